The predicted molar refractivity (Wildman–Crippen MR) is 518 cm³/mol. The van der Waals surface area contributed by atoms with Gasteiger partial charge < -0.3 is 18.6 Å². The second-order valence-corrected chi connectivity index (χ2v) is 35.2. The molecule has 3 aromatic heterocycles. The van der Waals surface area contributed by atoms with Gasteiger partial charge in [0.1, 0.15) is 0 Å². The Morgan fingerprint density at radius 1 is 0.211 bits per heavy atom. The van der Waals surface area contributed by atoms with Crippen molar-refractivity contribution in [3.8, 4) is 113 Å². The minimum Gasteiger partial charge on any atom is -0.399 e. The second kappa shape index (κ2) is 32.7. The molecule has 0 bridgehead atoms. The molecular weight excluding hydrogens is 1590 g/mol. The lowest BCUT2D eigenvalue weighted by atomic mass is 9.63. The minimum absolute atomic E-state index is 0. The van der Waals surface area contributed by atoms with Gasteiger partial charge in [-0.15, -0.1) is 0 Å². The Morgan fingerprint density at radius 3 is 0.664 bits per heavy atom. The summed E-state index contributed by atoms with van der Waals surface area (Å²) in [5, 5.41) is 0.202. The molecule has 13 nitrogen and oxygen atoms in total. The first-order valence-corrected chi connectivity index (χ1v) is 43.5. The lowest BCUT2D eigenvalue weighted by Gasteiger charge is -2.36. The normalized spacial score (nSPS) is 15.6. The van der Waals surface area contributed by atoms with Crippen molar-refractivity contribution in [2.75, 3.05) is 0 Å². The molecule has 6 aliphatic rings. The first kappa shape index (κ1) is 82.2. The van der Waals surface area contributed by atoms with Gasteiger partial charge in [0, 0.05) is 52.9 Å². The average Bonchev–Trinajstić information content (AvgIpc) is 1.52. The van der Waals surface area contributed by atoms with Gasteiger partial charge in [0.2, 0.25) is 5.28 Å². The Bertz CT molecular complexity index is 6640. The summed E-state index contributed by atoms with van der Waals surface area (Å²) < 4.78 is 26.3. The van der Waals surface area contributed by atoms with Gasteiger partial charge >= 0.3 is 14.2 Å². The van der Waals surface area contributed by atoms with Crippen LogP contribution >= 0.6 is 11.6 Å². The number of fused-ring (bicyclic) bond motifs is 18. The number of nitrogens with zero attached hydrogens (tertiary/aromatic N) is 9. The van der Waals surface area contributed by atoms with E-state index < -0.39 is 47.5 Å². The van der Waals surface area contributed by atoms with Crippen molar-refractivity contribution in [2.45, 2.75) is 88.6 Å². The van der Waals surface area contributed by atoms with Crippen LogP contribution < -0.4 is 10.9 Å². The van der Waals surface area contributed by atoms with Gasteiger partial charge in [-0.3, -0.25) is 0 Å². The van der Waals surface area contributed by atoms with Crippen LogP contribution in [-0.2, 0) is 29.4 Å². The molecule has 0 N–H and O–H groups in total. The number of aromatic nitrogens is 9. The fraction of sp³-hybridized carbons (Fsp3) is 0.126. The van der Waals surface area contributed by atoms with Crippen LogP contribution in [-0.4, -0.2) is 89.9 Å². The van der Waals surface area contributed by atoms with E-state index in [1.54, 1.807) is 0 Å². The summed E-state index contributed by atoms with van der Waals surface area (Å²) in [6.45, 7) is 16.9. The maximum Gasteiger partial charge on any atom is 0.494 e. The van der Waals surface area contributed by atoms with Gasteiger partial charge in [0.05, 0.1) is 33.2 Å². The van der Waals surface area contributed by atoms with Crippen LogP contribution in [0.1, 0.15) is 122 Å². The first-order valence-electron chi connectivity index (χ1n) is 43.1. The molecule has 2 fully saturated rings. The summed E-state index contributed by atoms with van der Waals surface area (Å²) in [5.74, 6) is 4.87. The monoisotopic (exact) mass is 1680 g/mol. The fourth-order valence-corrected chi connectivity index (χ4v) is 18.8. The van der Waals surface area contributed by atoms with E-state index in [2.05, 4.69) is 265 Å². The third kappa shape index (κ3) is 14.3. The molecule has 128 heavy (non-hydrogen) atoms. The number of hydrogen-bond acceptors (Lipinski definition) is 13. The van der Waals surface area contributed by atoms with Crippen molar-refractivity contribution in [3.05, 3.63) is 424 Å². The van der Waals surface area contributed by atoms with E-state index >= 15 is 0 Å². The SMILES string of the molecule is C1=Cc2ccc(-c3nc(-c4ccccc4)nc(-c4ccccc4)n3)cc2C2(c3cc(-c4nc(-c5ccccc5)nc(-c5ccccc5)n4)ccc31)c1ccccc1-c1ccccc12.CC1(C)OB(c2ccc3c(c2)C2(c4cc(B5OC(C)(C)C(C)(C)O5)ccc4C=C3)c3ccccc3-c3ccccc32)OC1(C)C.Clc1nc(-c2ccccc2)nc(-c2ccccc2)n1.[B]. The molecular formula is C111H86B3ClN9O4. The van der Waals surface area contributed by atoms with Crippen molar-refractivity contribution < 1.29 is 18.6 Å². The summed E-state index contributed by atoms with van der Waals surface area (Å²) >= 11 is 5.99. The summed E-state index contributed by atoms with van der Waals surface area (Å²) in [4.78, 5) is 43.5. The zero-order valence-electron chi connectivity index (χ0n) is 72.1. The molecule has 17 heteroatoms. The van der Waals surface area contributed by atoms with Crippen LogP contribution in [0.4, 0.5) is 0 Å². The summed E-state index contributed by atoms with van der Waals surface area (Å²) in [7, 11) is -0.931. The zero-order chi connectivity index (χ0) is 86.4. The number of hydrogen-bond donors (Lipinski definition) is 0. The third-order valence-electron chi connectivity index (χ3n) is 26.3. The van der Waals surface area contributed by atoms with Crippen molar-refractivity contribution in [3.63, 3.8) is 0 Å². The Balaban J connectivity index is 0.000000137. The van der Waals surface area contributed by atoms with E-state index in [0.29, 0.717) is 46.6 Å². The number of rotatable bonds is 10. The number of halogens is 1. The molecule has 0 atom stereocenters. The molecule has 0 saturated carbocycles. The molecule has 17 aromatic rings. The lowest BCUT2D eigenvalue weighted by molar-refractivity contribution is 0.00578. The van der Waals surface area contributed by atoms with Crippen LogP contribution in [0.25, 0.3) is 138 Å². The standard InChI is InChI=1S/C57H36N6.C39H40B2O4.C15H10ClN3.B/c1-5-17-39(18-6-1)51-58-52(40-19-7-2-8-20-40)61-55(60-51)43-33-31-37-29-30-38-32-34-44(56-62-53(41-21-9-3-10-22-41)59-54(63-56)42-23-11-4-12-24-42)36-50(38)57(49(37)35-43)47-27-15-13-25-45(47)46-26-14-16-28-48(46)57;1-35(2)36(3,4)43-40(42-35)27-21-19-25-17-18-26-20-22-28(41-44-37(5,6)38(7,8)45-41)24-34(26)39(33(25)23-27)31-15-11-9-13-29(31)30-14-10-12-16-32(30)39;16-15-18-13(11-7-3-1-4-8-11)17-14(19-15)12-9-5-2-6-10-12;/h1-36H;9-24H,1-8H3;1-10H;. The van der Waals surface area contributed by atoms with Gasteiger partial charge in [0.15, 0.2) is 46.6 Å². The molecule has 3 radical (unpaired) electrons. The highest BCUT2D eigenvalue weighted by atomic mass is 35.5. The Morgan fingerprint density at radius 2 is 0.414 bits per heavy atom. The van der Waals surface area contributed by atoms with Crippen molar-refractivity contribution in [2.24, 2.45) is 0 Å². The molecule has 2 saturated heterocycles. The Kier molecular flexibility index (Phi) is 21.0. The molecule has 615 valence electrons. The minimum atomic E-state index is -0.734. The van der Waals surface area contributed by atoms with E-state index in [-0.39, 0.29) is 13.7 Å². The molecule has 2 spiro atoms. The Labute approximate surface area is 753 Å². The zero-order valence-corrected chi connectivity index (χ0v) is 72.8. The third-order valence-corrected chi connectivity index (χ3v) is 26.5. The summed E-state index contributed by atoms with van der Waals surface area (Å²) in [6.07, 6.45) is 9.01. The van der Waals surface area contributed by atoms with Crippen molar-refractivity contribution in [1.29, 1.82) is 0 Å². The average molecular weight is 1680 g/mol. The number of benzene rings is 14. The fourth-order valence-electron chi connectivity index (χ4n) is 18.6. The lowest BCUT2D eigenvalue weighted by Crippen LogP contribution is -2.41. The van der Waals surface area contributed by atoms with E-state index in [4.69, 9.17) is 60.1 Å². The van der Waals surface area contributed by atoms with Crippen LogP contribution in [0, 0.1) is 0 Å². The van der Waals surface area contributed by atoms with Gasteiger partial charge in [-0.2, -0.15) is 9.97 Å². The van der Waals surface area contributed by atoms with Crippen LogP contribution in [0.3, 0.4) is 0 Å². The topological polar surface area (TPSA) is 153 Å². The maximum absolute atomic E-state index is 6.58. The highest BCUT2D eigenvalue weighted by Gasteiger charge is 2.56. The summed E-state index contributed by atoms with van der Waals surface area (Å²) in [6, 6.07) is 122. The molecule has 23 rings (SSSR count). The second-order valence-electron chi connectivity index (χ2n) is 34.9. The highest BCUT2D eigenvalue weighted by Crippen LogP contribution is 2.61. The van der Waals surface area contributed by atoms with Crippen molar-refractivity contribution >= 4 is 69.5 Å². The van der Waals surface area contributed by atoms with E-state index in [9.17, 15) is 0 Å². The van der Waals surface area contributed by atoms with Gasteiger partial charge in [0.25, 0.3) is 0 Å². The van der Waals surface area contributed by atoms with Crippen LogP contribution in [0.5, 0.6) is 0 Å². The Hall–Kier alpha value is -14.1. The summed E-state index contributed by atoms with van der Waals surface area (Å²) in [5.41, 5.74) is 25.5. The van der Waals surface area contributed by atoms with Crippen LogP contribution in [0.15, 0.2) is 352 Å². The predicted octanol–water partition coefficient (Wildman–Crippen LogP) is 23.5. The first-order chi connectivity index (χ1) is 61.8. The van der Waals surface area contributed by atoms with Crippen molar-refractivity contribution in [1.82, 2.24) is 44.9 Å². The molecule has 4 aliphatic carbocycles. The molecule has 0 amide bonds. The van der Waals surface area contributed by atoms with Gasteiger partial charge in [-0.05, 0) is 179 Å². The highest BCUT2D eigenvalue weighted by molar-refractivity contribution is 6.62. The molecule has 2 aliphatic heterocycles. The molecule has 0 unspecified atom stereocenters. The van der Waals surface area contributed by atoms with E-state index in [1.165, 1.54) is 66.8 Å². The smallest absolute Gasteiger partial charge is 0.399 e. The molecule has 5 heterocycles. The van der Waals surface area contributed by atoms with Gasteiger partial charge in [-0.1, -0.05) is 364 Å². The molecule has 14 aromatic carbocycles. The van der Waals surface area contributed by atoms with E-state index in [1.807, 2.05) is 182 Å². The largest absolute Gasteiger partial charge is 0.494 e. The maximum atomic E-state index is 6.58. The van der Waals surface area contributed by atoms with E-state index in [0.717, 1.165) is 77.7 Å². The quantitative estimate of drug-likeness (QED) is 0.119. The van der Waals surface area contributed by atoms with Crippen LogP contribution in [0.2, 0.25) is 5.28 Å². The van der Waals surface area contributed by atoms with Gasteiger partial charge in [-0.25, -0.2) is 34.9 Å².